The standard InChI is InChI=1S/C18H22N2O4/c1-2-8-23-17-16(19)11-15(12-20-17)18(21)24-10-9-22-13-14-6-4-3-5-7-14/h3-7,11-12H,2,8-10,13,19H2,1H3. The lowest BCUT2D eigenvalue weighted by molar-refractivity contribution is 0.0288. The first-order chi connectivity index (χ1) is 11.7. The lowest BCUT2D eigenvalue weighted by atomic mass is 10.2. The van der Waals surface area contributed by atoms with Crippen LogP contribution in [0, 0.1) is 0 Å². The quantitative estimate of drug-likeness (QED) is 0.562. The van der Waals surface area contributed by atoms with Crippen molar-refractivity contribution in [3.63, 3.8) is 0 Å². The molecule has 128 valence electrons. The number of nitrogen functional groups attached to an aromatic ring is 1. The van der Waals surface area contributed by atoms with Gasteiger partial charge in [0.25, 0.3) is 0 Å². The van der Waals surface area contributed by atoms with Gasteiger partial charge in [0.05, 0.1) is 31.1 Å². The van der Waals surface area contributed by atoms with Gasteiger partial charge in [0, 0.05) is 6.20 Å². The smallest absolute Gasteiger partial charge is 0.339 e. The van der Waals surface area contributed by atoms with E-state index >= 15 is 0 Å². The molecule has 24 heavy (non-hydrogen) atoms. The predicted octanol–water partition coefficient (Wildman–Crippen LogP) is 2.83. The molecule has 6 nitrogen and oxygen atoms in total. The minimum absolute atomic E-state index is 0.166. The summed E-state index contributed by atoms with van der Waals surface area (Å²) in [5.74, 6) is -0.154. The van der Waals surface area contributed by atoms with Gasteiger partial charge in [0.1, 0.15) is 6.61 Å². The van der Waals surface area contributed by atoms with E-state index in [1.54, 1.807) is 0 Å². The third kappa shape index (κ3) is 5.55. The highest BCUT2D eigenvalue weighted by Gasteiger charge is 2.11. The zero-order valence-corrected chi connectivity index (χ0v) is 13.7. The van der Waals surface area contributed by atoms with Crippen LogP contribution in [0.4, 0.5) is 5.69 Å². The molecule has 0 bridgehead atoms. The fraction of sp³-hybridized carbons (Fsp3) is 0.333. The molecule has 0 radical (unpaired) electrons. The Labute approximate surface area is 141 Å². The maximum absolute atomic E-state index is 11.9. The molecule has 2 rings (SSSR count). The van der Waals surface area contributed by atoms with E-state index in [4.69, 9.17) is 19.9 Å². The van der Waals surface area contributed by atoms with Crippen molar-refractivity contribution >= 4 is 11.7 Å². The van der Waals surface area contributed by atoms with Crippen LogP contribution in [-0.4, -0.2) is 30.8 Å². The van der Waals surface area contributed by atoms with Crippen LogP contribution in [0.15, 0.2) is 42.6 Å². The topological polar surface area (TPSA) is 83.7 Å². The van der Waals surface area contributed by atoms with Crippen molar-refractivity contribution in [2.45, 2.75) is 20.0 Å². The van der Waals surface area contributed by atoms with E-state index in [-0.39, 0.29) is 6.61 Å². The van der Waals surface area contributed by atoms with Crippen LogP contribution in [-0.2, 0) is 16.1 Å². The molecule has 0 aliphatic heterocycles. The van der Waals surface area contributed by atoms with Gasteiger partial charge < -0.3 is 19.9 Å². The molecule has 0 aliphatic carbocycles. The molecule has 0 fully saturated rings. The number of anilines is 1. The summed E-state index contributed by atoms with van der Waals surface area (Å²) in [6, 6.07) is 11.3. The van der Waals surface area contributed by atoms with Gasteiger partial charge in [-0.3, -0.25) is 0 Å². The maximum Gasteiger partial charge on any atom is 0.339 e. The van der Waals surface area contributed by atoms with Crippen molar-refractivity contribution < 1.29 is 19.0 Å². The Morgan fingerprint density at radius 1 is 1.17 bits per heavy atom. The first kappa shape index (κ1) is 17.7. The van der Waals surface area contributed by atoms with Crippen molar-refractivity contribution in [1.29, 1.82) is 0 Å². The Bertz CT molecular complexity index is 647. The van der Waals surface area contributed by atoms with Crippen LogP contribution in [0.3, 0.4) is 0 Å². The van der Waals surface area contributed by atoms with Gasteiger partial charge in [0.15, 0.2) is 0 Å². The van der Waals surface area contributed by atoms with Crippen LogP contribution < -0.4 is 10.5 Å². The van der Waals surface area contributed by atoms with Gasteiger partial charge >= 0.3 is 5.97 Å². The van der Waals surface area contributed by atoms with Crippen LogP contribution in [0.5, 0.6) is 5.88 Å². The minimum Gasteiger partial charge on any atom is -0.476 e. The average molecular weight is 330 g/mol. The van der Waals surface area contributed by atoms with E-state index in [9.17, 15) is 4.79 Å². The van der Waals surface area contributed by atoms with Gasteiger partial charge in [-0.05, 0) is 18.1 Å². The zero-order valence-electron chi connectivity index (χ0n) is 13.7. The van der Waals surface area contributed by atoms with Crippen molar-refractivity contribution in [3.05, 3.63) is 53.7 Å². The second kappa shape index (κ2) is 9.52. The van der Waals surface area contributed by atoms with Crippen molar-refractivity contribution in [1.82, 2.24) is 4.98 Å². The Hall–Kier alpha value is -2.60. The van der Waals surface area contributed by atoms with Crippen molar-refractivity contribution in [2.75, 3.05) is 25.6 Å². The van der Waals surface area contributed by atoms with E-state index < -0.39 is 5.97 Å². The summed E-state index contributed by atoms with van der Waals surface area (Å²) in [6.45, 7) is 3.48. The summed E-state index contributed by atoms with van der Waals surface area (Å²) in [5.41, 5.74) is 7.50. The summed E-state index contributed by atoms with van der Waals surface area (Å²) >= 11 is 0. The lowest BCUT2D eigenvalue weighted by Crippen LogP contribution is -2.12. The van der Waals surface area contributed by atoms with Gasteiger partial charge in [-0.15, -0.1) is 0 Å². The van der Waals surface area contributed by atoms with Crippen LogP contribution >= 0.6 is 0 Å². The number of nitrogens with two attached hydrogens (primary N) is 1. The SMILES string of the molecule is CCCOc1ncc(C(=O)OCCOCc2ccccc2)cc1N. The highest BCUT2D eigenvalue weighted by atomic mass is 16.6. The third-order valence-electron chi connectivity index (χ3n) is 3.13. The predicted molar refractivity (Wildman–Crippen MR) is 90.8 cm³/mol. The normalized spacial score (nSPS) is 10.4. The van der Waals surface area contributed by atoms with Crippen molar-refractivity contribution in [3.8, 4) is 5.88 Å². The first-order valence-corrected chi connectivity index (χ1v) is 7.87. The second-order valence-electron chi connectivity index (χ2n) is 5.14. The first-order valence-electron chi connectivity index (χ1n) is 7.87. The highest BCUT2D eigenvalue weighted by Crippen LogP contribution is 2.19. The molecule has 0 saturated heterocycles. The number of esters is 1. The van der Waals surface area contributed by atoms with Gasteiger partial charge in [-0.1, -0.05) is 37.3 Å². The molecular formula is C18H22N2O4. The van der Waals surface area contributed by atoms with Gasteiger partial charge in [-0.25, -0.2) is 9.78 Å². The van der Waals surface area contributed by atoms with Crippen molar-refractivity contribution in [2.24, 2.45) is 0 Å². The fourth-order valence-electron chi connectivity index (χ4n) is 1.94. The molecular weight excluding hydrogens is 308 g/mol. The van der Waals surface area contributed by atoms with E-state index in [2.05, 4.69) is 4.98 Å². The summed E-state index contributed by atoms with van der Waals surface area (Å²) in [5, 5.41) is 0. The molecule has 2 N–H and O–H groups in total. The number of aromatic nitrogens is 1. The fourth-order valence-corrected chi connectivity index (χ4v) is 1.94. The molecule has 0 aliphatic rings. The number of nitrogens with zero attached hydrogens (tertiary/aromatic N) is 1. The van der Waals surface area contributed by atoms with Gasteiger partial charge in [0.2, 0.25) is 5.88 Å². The summed E-state index contributed by atoms with van der Waals surface area (Å²) in [7, 11) is 0. The molecule has 1 heterocycles. The number of hydrogen-bond donors (Lipinski definition) is 1. The number of ether oxygens (including phenoxy) is 3. The number of rotatable bonds is 9. The average Bonchev–Trinajstić information content (AvgIpc) is 2.61. The van der Waals surface area contributed by atoms with Crippen LogP contribution in [0.25, 0.3) is 0 Å². The monoisotopic (exact) mass is 330 g/mol. The third-order valence-corrected chi connectivity index (χ3v) is 3.13. The van der Waals surface area contributed by atoms with Crippen LogP contribution in [0.1, 0.15) is 29.3 Å². The number of benzene rings is 1. The molecule has 1 aromatic carbocycles. The molecule has 2 aromatic rings. The van der Waals surface area contributed by atoms with E-state index in [1.165, 1.54) is 12.3 Å². The Balaban J connectivity index is 1.73. The molecule has 0 amide bonds. The van der Waals surface area contributed by atoms with E-state index in [0.29, 0.717) is 37.0 Å². The lowest BCUT2D eigenvalue weighted by Gasteiger charge is -2.09. The largest absolute Gasteiger partial charge is 0.476 e. The van der Waals surface area contributed by atoms with E-state index in [0.717, 1.165) is 12.0 Å². The number of carbonyl (C=O) groups excluding carboxylic acids is 1. The summed E-state index contributed by atoms with van der Waals surface area (Å²) < 4.78 is 16.0. The van der Waals surface area contributed by atoms with Crippen LogP contribution in [0.2, 0.25) is 0 Å². The highest BCUT2D eigenvalue weighted by molar-refractivity contribution is 5.90. The molecule has 0 saturated carbocycles. The number of hydrogen-bond acceptors (Lipinski definition) is 6. The molecule has 0 atom stereocenters. The second-order valence-corrected chi connectivity index (χ2v) is 5.14. The zero-order chi connectivity index (χ0) is 17.2. The Morgan fingerprint density at radius 2 is 1.96 bits per heavy atom. The summed E-state index contributed by atoms with van der Waals surface area (Å²) in [6.07, 6.45) is 2.25. The number of pyridine rings is 1. The molecule has 0 unspecified atom stereocenters. The summed E-state index contributed by atoms with van der Waals surface area (Å²) in [4.78, 5) is 16.0. The van der Waals surface area contributed by atoms with E-state index in [1.807, 2.05) is 37.3 Å². The molecule has 1 aromatic heterocycles. The molecule has 0 spiro atoms. The number of carbonyl (C=O) groups is 1. The van der Waals surface area contributed by atoms with Gasteiger partial charge in [-0.2, -0.15) is 0 Å². The maximum atomic E-state index is 11.9. The Morgan fingerprint density at radius 3 is 2.67 bits per heavy atom. The Kier molecular flexibility index (Phi) is 7.04. The molecule has 6 heteroatoms. The minimum atomic E-state index is -0.487.